The lowest BCUT2D eigenvalue weighted by atomic mass is 10.1. The van der Waals surface area contributed by atoms with Gasteiger partial charge in [-0.05, 0) is 18.9 Å². The third kappa shape index (κ3) is 3.20. The van der Waals surface area contributed by atoms with Gasteiger partial charge in [0.2, 0.25) is 0 Å². The molecule has 1 heterocycles. The van der Waals surface area contributed by atoms with Crippen molar-refractivity contribution < 1.29 is 14.6 Å². The van der Waals surface area contributed by atoms with Gasteiger partial charge in [-0.25, -0.2) is 4.79 Å². The van der Waals surface area contributed by atoms with Gasteiger partial charge in [0.25, 0.3) is 0 Å². The Hall–Kier alpha value is -1.55. The summed E-state index contributed by atoms with van der Waals surface area (Å²) in [5.74, 6) is 0. The summed E-state index contributed by atoms with van der Waals surface area (Å²) in [6.45, 7) is 2.91. The first-order valence-electron chi connectivity index (χ1n) is 5.75. The zero-order chi connectivity index (χ0) is 12.3. The van der Waals surface area contributed by atoms with Gasteiger partial charge in [-0.3, -0.25) is 0 Å². The van der Waals surface area contributed by atoms with E-state index in [1.54, 1.807) is 11.8 Å². The number of aliphatic hydroxyl groups is 1. The summed E-state index contributed by atoms with van der Waals surface area (Å²) < 4.78 is 5.18. The van der Waals surface area contributed by atoms with Crippen LogP contribution in [0.5, 0.6) is 0 Å². The lowest BCUT2D eigenvalue weighted by Crippen LogP contribution is -2.34. The highest BCUT2D eigenvalue weighted by Gasteiger charge is 2.34. The highest BCUT2D eigenvalue weighted by atomic mass is 16.6. The van der Waals surface area contributed by atoms with Crippen LogP contribution in [0.25, 0.3) is 0 Å². The third-order valence-corrected chi connectivity index (χ3v) is 2.92. The van der Waals surface area contributed by atoms with Crippen LogP contribution in [0.1, 0.15) is 18.9 Å². The number of rotatable bonds is 2. The fraction of sp³-hybridized carbons (Fsp3) is 0.462. The molecule has 1 atom stereocenters. The molecule has 4 nitrogen and oxygen atoms in total. The lowest BCUT2D eigenvalue weighted by molar-refractivity contribution is 0.0589. The number of β-amino-alcohol motifs (C(OH)–C–C–N with tert-alkyl or cyclic N) is 1. The number of hydrogen-bond donors (Lipinski definition) is 1. The van der Waals surface area contributed by atoms with Crippen molar-refractivity contribution in [3.8, 4) is 0 Å². The first-order valence-corrected chi connectivity index (χ1v) is 5.75. The smallest absolute Gasteiger partial charge is 0.410 e. The van der Waals surface area contributed by atoms with Crippen LogP contribution in [0.3, 0.4) is 0 Å². The summed E-state index contributed by atoms with van der Waals surface area (Å²) in [5, 5.41) is 9.75. The molecule has 1 aromatic carbocycles. The Morgan fingerprint density at radius 3 is 2.76 bits per heavy atom. The molecule has 1 saturated heterocycles. The second kappa shape index (κ2) is 4.75. The van der Waals surface area contributed by atoms with Gasteiger partial charge >= 0.3 is 6.09 Å². The second-order valence-corrected chi connectivity index (χ2v) is 4.71. The summed E-state index contributed by atoms with van der Waals surface area (Å²) in [6.07, 6.45) is 0.250. The molecule has 0 bridgehead atoms. The van der Waals surface area contributed by atoms with Crippen LogP contribution in [0, 0.1) is 0 Å². The van der Waals surface area contributed by atoms with Crippen molar-refractivity contribution >= 4 is 6.09 Å². The van der Waals surface area contributed by atoms with E-state index in [0.717, 1.165) is 5.56 Å². The number of amides is 1. The molecule has 0 saturated carbocycles. The summed E-state index contributed by atoms with van der Waals surface area (Å²) >= 11 is 0. The van der Waals surface area contributed by atoms with Crippen LogP contribution in [0.15, 0.2) is 30.3 Å². The maximum Gasteiger partial charge on any atom is 0.410 e. The average molecular weight is 235 g/mol. The maximum atomic E-state index is 11.7. The number of likely N-dealkylation sites (tertiary alicyclic amines) is 1. The molecule has 0 radical (unpaired) electrons. The molecule has 1 N–H and O–H groups in total. The minimum absolute atomic E-state index is 0.276. The molecule has 1 fully saturated rings. The van der Waals surface area contributed by atoms with Crippen molar-refractivity contribution in [1.82, 2.24) is 4.90 Å². The second-order valence-electron chi connectivity index (χ2n) is 4.71. The topological polar surface area (TPSA) is 49.8 Å². The fourth-order valence-corrected chi connectivity index (χ4v) is 1.91. The van der Waals surface area contributed by atoms with E-state index in [1.807, 2.05) is 30.3 Å². The van der Waals surface area contributed by atoms with E-state index in [4.69, 9.17) is 4.74 Å². The standard InChI is InChI=1S/C13H17NO3/c1-13(16)7-8-14(10-13)12(15)17-9-11-5-3-2-4-6-11/h2-6,16H,7-10H2,1H3/t13-/m0/s1. The minimum atomic E-state index is -0.772. The highest BCUT2D eigenvalue weighted by Crippen LogP contribution is 2.20. The van der Waals surface area contributed by atoms with Crippen LogP contribution in [-0.2, 0) is 11.3 Å². The van der Waals surface area contributed by atoms with Crippen LogP contribution in [0.2, 0.25) is 0 Å². The van der Waals surface area contributed by atoms with Gasteiger partial charge in [-0.15, -0.1) is 0 Å². The van der Waals surface area contributed by atoms with Gasteiger partial charge in [0.1, 0.15) is 6.61 Å². The zero-order valence-corrected chi connectivity index (χ0v) is 9.93. The third-order valence-electron chi connectivity index (χ3n) is 2.92. The Kier molecular flexibility index (Phi) is 3.33. The average Bonchev–Trinajstić information content (AvgIpc) is 2.68. The molecule has 1 amide bonds. The van der Waals surface area contributed by atoms with Crippen molar-refractivity contribution in [2.24, 2.45) is 0 Å². The zero-order valence-electron chi connectivity index (χ0n) is 9.93. The van der Waals surface area contributed by atoms with E-state index in [2.05, 4.69) is 0 Å². The van der Waals surface area contributed by atoms with Gasteiger partial charge in [0, 0.05) is 6.54 Å². The number of ether oxygens (including phenoxy) is 1. The monoisotopic (exact) mass is 235 g/mol. The van der Waals surface area contributed by atoms with Crippen molar-refractivity contribution in [2.45, 2.75) is 25.6 Å². The van der Waals surface area contributed by atoms with Crippen LogP contribution in [0.4, 0.5) is 4.79 Å². The van der Waals surface area contributed by atoms with Crippen molar-refractivity contribution in [1.29, 1.82) is 0 Å². The maximum absolute atomic E-state index is 11.7. The first kappa shape index (κ1) is 11.9. The van der Waals surface area contributed by atoms with E-state index < -0.39 is 5.60 Å². The quantitative estimate of drug-likeness (QED) is 0.850. The Morgan fingerprint density at radius 2 is 2.18 bits per heavy atom. The predicted octanol–water partition coefficient (Wildman–Crippen LogP) is 1.78. The summed E-state index contributed by atoms with van der Waals surface area (Å²) in [5.41, 5.74) is 0.193. The molecule has 0 unspecified atom stereocenters. The van der Waals surface area contributed by atoms with Crippen molar-refractivity contribution in [3.05, 3.63) is 35.9 Å². The molecular weight excluding hydrogens is 218 g/mol. The van der Waals surface area contributed by atoms with Gasteiger partial charge in [-0.1, -0.05) is 30.3 Å². The summed E-state index contributed by atoms with van der Waals surface area (Å²) in [7, 11) is 0. The number of carbonyl (C=O) groups excluding carboxylic acids is 1. The molecule has 0 aliphatic carbocycles. The molecule has 1 aliphatic rings. The van der Waals surface area contributed by atoms with E-state index in [1.165, 1.54) is 0 Å². The molecule has 0 aromatic heterocycles. The van der Waals surface area contributed by atoms with Crippen molar-refractivity contribution in [2.75, 3.05) is 13.1 Å². The van der Waals surface area contributed by atoms with Gasteiger partial charge in [0.05, 0.1) is 12.1 Å². The summed E-state index contributed by atoms with van der Waals surface area (Å²) in [4.78, 5) is 13.2. The van der Waals surface area contributed by atoms with Crippen molar-refractivity contribution in [3.63, 3.8) is 0 Å². The number of hydrogen-bond acceptors (Lipinski definition) is 3. The Morgan fingerprint density at radius 1 is 1.47 bits per heavy atom. The SMILES string of the molecule is C[C@]1(O)CCN(C(=O)OCc2ccccc2)C1. The number of nitrogens with zero attached hydrogens (tertiary/aromatic N) is 1. The molecule has 92 valence electrons. The number of benzene rings is 1. The van der Waals surface area contributed by atoms with E-state index in [0.29, 0.717) is 19.5 Å². The van der Waals surface area contributed by atoms with E-state index in [-0.39, 0.29) is 12.7 Å². The summed E-state index contributed by atoms with van der Waals surface area (Å²) in [6, 6.07) is 9.55. The Labute approximate surface area is 101 Å². The molecule has 4 heteroatoms. The molecule has 17 heavy (non-hydrogen) atoms. The molecule has 2 rings (SSSR count). The molecule has 0 spiro atoms. The largest absolute Gasteiger partial charge is 0.445 e. The first-order chi connectivity index (χ1) is 8.07. The minimum Gasteiger partial charge on any atom is -0.445 e. The van der Waals surface area contributed by atoms with E-state index >= 15 is 0 Å². The highest BCUT2D eigenvalue weighted by molar-refractivity contribution is 5.68. The van der Waals surface area contributed by atoms with Crippen LogP contribution < -0.4 is 0 Å². The van der Waals surface area contributed by atoms with Gasteiger partial charge in [-0.2, -0.15) is 0 Å². The predicted molar refractivity (Wildman–Crippen MR) is 63.4 cm³/mol. The van der Waals surface area contributed by atoms with Crippen LogP contribution >= 0.6 is 0 Å². The van der Waals surface area contributed by atoms with Gasteiger partial charge < -0.3 is 14.7 Å². The fourth-order valence-electron chi connectivity index (χ4n) is 1.91. The normalized spacial score (nSPS) is 23.8. The molecule has 1 aromatic rings. The molecular formula is C13H17NO3. The Bertz CT molecular complexity index is 389. The van der Waals surface area contributed by atoms with E-state index in [9.17, 15) is 9.90 Å². The molecule has 1 aliphatic heterocycles. The van der Waals surface area contributed by atoms with Crippen LogP contribution in [-0.4, -0.2) is 34.8 Å². The van der Waals surface area contributed by atoms with Gasteiger partial charge in [0.15, 0.2) is 0 Å². The number of carbonyl (C=O) groups is 1. The lowest BCUT2D eigenvalue weighted by Gasteiger charge is -2.18. The Balaban J connectivity index is 1.83.